The number of hydrogen-bond donors (Lipinski definition) is 2. The molecule has 0 bridgehead atoms. The van der Waals surface area contributed by atoms with Gasteiger partial charge in [0.25, 0.3) is 0 Å². The molecule has 0 aliphatic rings. The molecular formula is C17H16N2O6. The minimum Gasteiger partial charge on any atom is -0.478 e. The number of rotatable bonds is 5. The van der Waals surface area contributed by atoms with Gasteiger partial charge in [-0.25, -0.2) is 4.79 Å². The Morgan fingerprint density at radius 2 is 1.20 bits per heavy atom. The fourth-order valence-corrected chi connectivity index (χ4v) is 1.63. The normalized spacial score (nSPS) is 9.56. The van der Waals surface area contributed by atoms with Crippen molar-refractivity contribution >= 4 is 23.3 Å². The molecule has 0 atom stereocenters. The van der Waals surface area contributed by atoms with E-state index < -0.39 is 18.4 Å². The smallest absolute Gasteiger partial charge is 0.337 e. The Morgan fingerprint density at radius 1 is 0.800 bits per heavy atom. The molecule has 2 aromatic rings. The van der Waals surface area contributed by atoms with Crippen LogP contribution in [-0.2, 0) is 0 Å². The van der Waals surface area contributed by atoms with E-state index in [2.05, 4.69) is 9.97 Å². The number of carboxylic acid groups (broad SMARTS) is 1. The van der Waals surface area contributed by atoms with E-state index in [4.69, 9.17) is 10.2 Å². The van der Waals surface area contributed by atoms with Crippen molar-refractivity contribution < 1.29 is 29.4 Å². The Bertz CT molecular complexity index is 787. The summed E-state index contributed by atoms with van der Waals surface area (Å²) in [6, 6.07) is 2.73. The number of carboxylic acids is 1. The summed E-state index contributed by atoms with van der Waals surface area (Å²) in [5.41, 5.74) is 0.979. The van der Waals surface area contributed by atoms with Gasteiger partial charge in [0.2, 0.25) is 0 Å². The number of aliphatic hydroxyl groups excluding tert-OH is 1. The minimum absolute atomic E-state index is 0.0303. The molecule has 0 radical (unpaired) electrons. The first kappa shape index (κ1) is 19.8. The molecule has 0 aliphatic heterocycles. The van der Waals surface area contributed by atoms with Crippen molar-refractivity contribution in [1.82, 2.24) is 9.97 Å². The largest absolute Gasteiger partial charge is 0.478 e. The molecule has 25 heavy (non-hydrogen) atoms. The lowest BCUT2D eigenvalue weighted by atomic mass is 10.1. The van der Waals surface area contributed by atoms with E-state index >= 15 is 0 Å². The summed E-state index contributed by atoms with van der Waals surface area (Å²) in [4.78, 5) is 50.4. The van der Waals surface area contributed by atoms with E-state index in [0.29, 0.717) is 11.1 Å². The lowest BCUT2D eigenvalue weighted by Crippen LogP contribution is -2.06. The van der Waals surface area contributed by atoms with Crippen molar-refractivity contribution in [3.63, 3.8) is 0 Å². The summed E-state index contributed by atoms with van der Waals surface area (Å²) < 4.78 is 0. The Kier molecular flexibility index (Phi) is 7.23. The summed E-state index contributed by atoms with van der Waals surface area (Å²) in [5, 5.41) is 17.1. The molecule has 0 amide bonds. The molecule has 0 saturated heterocycles. The molecule has 2 N–H and O–H groups in total. The number of carbonyl (C=O) groups is 4. The highest BCUT2D eigenvalue weighted by molar-refractivity contribution is 6.00. The van der Waals surface area contributed by atoms with Gasteiger partial charge < -0.3 is 10.2 Å². The molecule has 0 aliphatic carbocycles. The number of ketones is 3. The minimum atomic E-state index is -1.08. The predicted molar refractivity (Wildman–Crippen MR) is 86.9 cm³/mol. The van der Waals surface area contributed by atoms with E-state index in [9.17, 15) is 19.2 Å². The quantitative estimate of drug-likeness (QED) is 0.778. The molecule has 0 aromatic carbocycles. The summed E-state index contributed by atoms with van der Waals surface area (Å²) in [5.74, 6) is -1.85. The topological polar surface area (TPSA) is 135 Å². The van der Waals surface area contributed by atoms with Gasteiger partial charge in [-0.05, 0) is 26.0 Å². The van der Waals surface area contributed by atoms with E-state index in [1.807, 2.05) is 0 Å². The third-order valence-electron chi connectivity index (χ3n) is 3.00. The molecule has 0 fully saturated rings. The molecule has 130 valence electrons. The van der Waals surface area contributed by atoms with Gasteiger partial charge in [0, 0.05) is 41.5 Å². The number of nitrogens with zero attached hydrogens (tertiary/aromatic N) is 2. The molecule has 2 rings (SSSR count). The van der Waals surface area contributed by atoms with Crippen LogP contribution in [0.3, 0.4) is 0 Å². The van der Waals surface area contributed by atoms with Crippen LogP contribution in [-0.4, -0.2) is 50.1 Å². The van der Waals surface area contributed by atoms with Crippen molar-refractivity contribution in [2.45, 2.75) is 13.8 Å². The van der Waals surface area contributed by atoms with Crippen LogP contribution < -0.4 is 0 Å². The Balaban J connectivity index is 0.000000251. The highest BCUT2D eigenvalue weighted by atomic mass is 16.4. The number of aliphatic hydroxyl groups is 1. The molecule has 8 heteroatoms. The van der Waals surface area contributed by atoms with Gasteiger partial charge in [0.05, 0.1) is 5.56 Å². The number of hydrogen-bond acceptors (Lipinski definition) is 7. The first-order valence-electron chi connectivity index (χ1n) is 7.05. The Labute approximate surface area is 143 Å². The second-order valence-electron chi connectivity index (χ2n) is 4.92. The third kappa shape index (κ3) is 6.04. The van der Waals surface area contributed by atoms with Gasteiger partial charge in [0.15, 0.2) is 17.3 Å². The molecule has 8 nitrogen and oxygen atoms in total. The maximum Gasteiger partial charge on any atom is 0.337 e. The van der Waals surface area contributed by atoms with Crippen LogP contribution >= 0.6 is 0 Å². The van der Waals surface area contributed by atoms with Crippen LogP contribution in [0, 0.1) is 0 Å². The van der Waals surface area contributed by atoms with Crippen molar-refractivity contribution in [2.24, 2.45) is 0 Å². The zero-order chi connectivity index (χ0) is 19.0. The third-order valence-corrected chi connectivity index (χ3v) is 3.00. The standard InChI is InChI=1S/C9H9NO3.C8H7NO3/c1-6(12)7-2-8(4-10-3-7)9(13)5-11;1-5(10)6-2-7(8(11)12)4-9-3-6/h2-4,11H,5H2,1H3;2-4H,1H3,(H,11,12). The second-order valence-corrected chi connectivity index (χ2v) is 4.92. The fraction of sp³-hybridized carbons (Fsp3) is 0.176. The van der Waals surface area contributed by atoms with Crippen molar-refractivity contribution in [1.29, 1.82) is 0 Å². The van der Waals surface area contributed by atoms with Crippen LogP contribution in [0.25, 0.3) is 0 Å². The highest BCUT2D eigenvalue weighted by Crippen LogP contribution is 2.04. The first-order valence-corrected chi connectivity index (χ1v) is 7.05. The zero-order valence-electron chi connectivity index (χ0n) is 13.6. The molecule has 0 saturated carbocycles. The lowest BCUT2D eigenvalue weighted by Gasteiger charge is -1.98. The van der Waals surface area contributed by atoms with Gasteiger partial charge in [-0.2, -0.15) is 0 Å². The van der Waals surface area contributed by atoms with Crippen molar-refractivity contribution in [3.05, 3.63) is 59.2 Å². The molecule has 0 unspecified atom stereocenters. The maximum atomic E-state index is 11.0. The summed E-state index contributed by atoms with van der Waals surface area (Å²) in [6.07, 6.45) is 5.25. The van der Waals surface area contributed by atoms with Gasteiger partial charge in [-0.3, -0.25) is 24.4 Å². The number of carbonyl (C=O) groups excluding carboxylic acids is 3. The number of pyridine rings is 2. The van der Waals surface area contributed by atoms with Crippen LogP contribution in [0.15, 0.2) is 36.9 Å². The van der Waals surface area contributed by atoms with Crippen molar-refractivity contribution in [3.8, 4) is 0 Å². The van der Waals surface area contributed by atoms with Crippen LogP contribution in [0.5, 0.6) is 0 Å². The Hall–Kier alpha value is -3.26. The maximum absolute atomic E-state index is 11.0. The van der Waals surface area contributed by atoms with Crippen LogP contribution in [0.2, 0.25) is 0 Å². The molecule has 0 spiro atoms. The number of aromatic carboxylic acids is 1. The van der Waals surface area contributed by atoms with Crippen LogP contribution in [0.1, 0.15) is 55.3 Å². The van der Waals surface area contributed by atoms with Crippen molar-refractivity contribution in [2.75, 3.05) is 6.61 Å². The van der Waals surface area contributed by atoms with Crippen LogP contribution in [0.4, 0.5) is 0 Å². The van der Waals surface area contributed by atoms with E-state index in [-0.39, 0.29) is 22.7 Å². The van der Waals surface area contributed by atoms with E-state index in [1.165, 1.54) is 50.8 Å². The predicted octanol–water partition coefficient (Wildman–Crippen LogP) is 1.44. The molecule has 2 aromatic heterocycles. The highest BCUT2D eigenvalue weighted by Gasteiger charge is 2.07. The monoisotopic (exact) mass is 344 g/mol. The average molecular weight is 344 g/mol. The van der Waals surface area contributed by atoms with Gasteiger partial charge in [0.1, 0.15) is 6.61 Å². The zero-order valence-corrected chi connectivity index (χ0v) is 13.6. The summed E-state index contributed by atoms with van der Waals surface area (Å²) in [6.45, 7) is 2.19. The summed E-state index contributed by atoms with van der Waals surface area (Å²) >= 11 is 0. The number of aromatic nitrogens is 2. The lowest BCUT2D eigenvalue weighted by molar-refractivity contribution is 0.0696. The average Bonchev–Trinajstić information content (AvgIpc) is 2.61. The van der Waals surface area contributed by atoms with E-state index in [0.717, 1.165) is 0 Å². The van der Waals surface area contributed by atoms with Gasteiger partial charge >= 0.3 is 5.97 Å². The first-order chi connectivity index (χ1) is 11.8. The molecular weight excluding hydrogens is 328 g/mol. The van der Waals surface area contributed by atoms with E-state index in [1.54, 1.807) is 0 Å². The van der Waals surface area contributed by atoms with Gasteiger partial charge in [-0.15, -0.1) is 0 Å². The summed E-state index contributed by atoms with van der Waals surface area (Å²) in [7, 11) is 0. The SMILES string of the molecule is CC(=O)c1cncc(C(=O)CO)c1.CC(=O)c1cncc(C(=O)O)c1. The second kappa shape index (κ2) is 9.14. The fourth-order valence-electron chi connectivity index (χ4n) is 1.63. The Morgan fingerprint density at radius 3 is 1.60 bits per heavy atom. The van der Waals surface area contributed by atoms with Gasteiger partial charge in [-0.1, -0.05) is 0 Å². The number of Topliss-reactive ketones (excluding diaryl/α,β-unsaturated/α-hetero) is 3. The molecule has 2 heterocycles.